The first-order valence-electron chi connectivity index (χ1n) is 18.2. The number of carboxylic acid groups (broad SMARTS) is 2. The number of carboxylic acids is 2. The minimum Gasteiger partial charge on any atom is -0.478 e. The molecule has 2 aromatic rings. The van der Waals surface area contributed by atoms with E-state index in [0.29, 0.717) is 36.5 Å². The molecule has 1 atom stereocenters. The van der Waals surface area contributed by atoms with Crippen molar-refractivity contribution >= 4 is 23.7 Å². The van der Waals surface area contributed by atoms with Crippen LogP contribution in [-0.2, 0) is 14.3 Å². The van der Waals surface area contributed by atoms with Gasteiger partial charge in [0.1, 0.15) is 17.9 Å². The summed E-state index contributed by atoms with van der Waals surface area (Å²) < 4.78 is 26.1. The van der Waals surface area contributed by atoms with Crippen LogP contribution in [0.25, 0.3) is 0 Å². The number of rotatable bonds is 17. The van der Waals surface area contributed by atoms with Crippen LogP contribution in [0.5, 0.6) is 11.6 Å². The highest BCUT2D eigenvalue weighted by atomic mass is 19.1. The fraction of sp³-hybridized carbons (Fsp3) is 0.632. The molecule has 3 heterocycles. The second-order valence-electron chi connectivity index (χ2n) is 15.3. The molecule has 0 aliphatic carbocycles. The number of hydrogen-bond acceptors (Lipinski definition) is 11. The zero-order valence-corrected chi connectivity index (χ0v) is 32.7. The number of ether oxygens (including phenoxy) is 2. The third-order valence-electron chi connectivity index (χ3n) is 9.84. The lowest BCUT2D eigenvalue weighted by Crippen LogP contribution is -2.62. The number of likely N-dealkylation sites (tertiary alicyclic amines) is 1. The van der Waals surface area contributed by atoms with Crippen LogP contribution in [0.1, 0.15) is 78.1 Å². The molecule has 1 spiro atoms. The van der Waals surface area contributed by atoms with Gasteiger partial charge >= 0.3 is 11.9 Å². The predicted molar refractivity (Wildman–Crippen MR) is 200 cm³/mol. The number of carbonyl (C=O) groups is 3. The topological polar surface area (TPSA) is 162 Å². The molecule has 4 rings (SSSR count). The number of aromatic nitrogens is 3. The van der Waals surface area contributed by atoms with E-state index in [4.69, 9.17) is 19.7 Å². The van der Waals surface area contributed by atoms with Crippen molar-refractivity contribution in [3.63, 3.8) is 0 Å². The monoisotopic (exact) mass is 743 g/mol. The number of hydrogen-bond donors (Lipinski definition) is 2. The van der Waals surface area contributed by atoms with Gasteiger partial charge in [-0.1, -0.05) is 13.8 Å². The molecule has 2 N–H and O–H groups in total. The van der Waals surface area contributed by atoms with Crippen molar-refractivity contribution < 1.29 is 38.5 Å². The predicted octanol–water partition coefficient (Wildman–Crippen LogP) is 5.06. The first-order valence-corrected chi connectivity index (χ1v) is 18.2. The summed E-state index contributed by atoms with van der Waals surface area (Å²) >= 11 is 0. The van der Waals surface area contributed by atoms with Crippen LogP contribution in [0.4, 0.5) is 10.2 Å². The molecule has 2 aliphatic heterocycles. The molecule has 0 bridgehead atoms. The van der Waals surface area contributed by atoms with Gasteiger partial charge in [0.15, 0.2) is 5.82 Å². The van der Waals surface area contributed by atoms with Crippen LogP contribution < -0.4 is 9.64 Å². The fourth-order valence-corrected chi connectivity index (χ4v) is 7.17. The smallest absolute Gasteiger partial charge is 0.328 e. The van der Waals surface area contributed by atoms with Crippen molar-refractivity contribution in [2.75, 3.05) is 64.9 Å². The van der Waals surface area contributed by atoms with E-state index >= 15 is 0 Å². The van der Waals surface area contributed by atoms with Crippen LogP contribution in [0.2, 0.25) is 0 Å². The molecule has 1 amide bonds. The summed E-state index contributed by atoms with van der Waals surface area (Å²) in [5, 5.41) is 23.9. The average Bonchev–Trinajstić information content (AvgIpc) is 3.52. The standard InChI is InChI=1S/C34H54FN7O3.C4H4O4/c1-10-42(25(4)5)32(43)27-18-26(35)13-14-29(27)45-31-30(36-23-37-38-31)40-17-15-34(20-40)21-41(22-34)28(24(2)3)12-11-16-39(8)19-33(6,7)44-9;5-3(6)1-2-4(7)8/h13-14,18,23-25,28H,10-12,15-17,19-22H2,1-9H3;1-2H,(H,5,6)(H,7,8)/b;2-1+. The van der Waals surface area contributed by atoms with Gasteiger partial charge < -0.3 is 34.4 Å². The maximum absolute atomic E-state index is 14.3. The Hall–Kier alpha value is -4.21. The van der Waals surface area contributed by atoms with E-state index < -0.39 is 17.8 Å². The second kappa shape index (κ2) is 19.2. The van der Waals surface area contributed by atoms with Crippen LogP contribution in [0.15, 0.2) is 36.7 Å². The minimum atomic E-state index is -1.26. The third kappa shape index (κ3) is 12.4. The van der Waals surface area contributed by atoms with Crippen molar-refractivity contribution in [1.29, 1.82) is 0 Å². The van der Waals surface area contributed by atoms with E-state index in [-0.39, 0.29) is 40.2 Å². The molecule has 1 unspecified atom stereocenters. The zero-order valence-electron chi connectivity index (χ0n) is 32.7. The van der Waals surface area contributed by atoms with Gasteiger partial charge in [0, 0.05) is 76.0 Å². The highest BCUT2D eigenvalue weighted by Gasteiger charge is 2.50. The van der Waals surface area contributed by atoms with Crippen LogP contribution in [-0.4, -0.2) is 136 Å². The largest absolute Gasteiger partial charge is 0.478 e. The molecule has 1 aromatic carbocycles. The number of halogens is 1. The second-order valence-corrected chi connectivity index (χ2v) is 15.3. The number of methoxy groups -OCH3 is 1. The Balaban J connectivity index is 0.000000846. The lowest BCUT2D eigenvalue weighted by atomic mass is 9.76. The highest BCUT2D eigenvalue weighted by Crippen LogP contribution is 2.44. The van der Waals surface area contributed by atoms with E-state index in [1.165, 1.54) is 30.9 Å². The number of nitrogens with zero attached hydrogens (tertiary/aromatic N) is 7. The maximum Gasteiger partial charge on any atom is 0.328 e. The van der Waals surface area contributed by atoms with Gasteiger partial charge in [-0.2, -0.15) is 0 Å². The number of anilines is 1. The van der Waals surface area contributed by atoms with E-state index in [2.05, 4.69) is 64.6 Å². The summed E-state index contributed by atoms with van der Waals surface area (Å²) in [5.74, 6) is -1.66. The molecule has 53 heavy (non-hydrogen) atoms. The van der Waals surface area contributed by atoms with Crippen molar-refractivity contribution in [3.05, 3.63) is 48.1 Å². The van der Waals surface area contributed by atoms with Gasteiger partial charge in [-0.05, 0) is 91.6 Å². The molecule has 15 heteroatoms. The van der Waals surface area contributed by atoms with E-state index in [0.717, 1.165) is 52.1 Å². The molecule has 1 aromatic heterocycles. The zero-order chi connectivity index (χ0) is 39.5. The molecule has 2 saturated heterocycles. The molecule has 14 nitrogen and oxygen atoms in total. The number of amides is 1. The molecular weight excluding hydrogens is 685 g/mol. The van der Waals surface area contributed by atoms with E-state index in [1.54, 1.807) is 12.0 Å². The average molecular weight is 744 g/mol. The van der Waals surface area contributed by atoms with Crippen molar-refractivity contribution in [2.45, 2.75) is 85.4 Å². The Labute approximate surface area is 313 Å². The van der Waals surface area contributed by atoms with Gasteiger partial charge in [0.2, 0.25) is 0 Å². The van der Waals surface area contributed by atoms with Gasteiger partial charge in [0.25, 0.3) is 11.8 Å². The molecular formula is C38H58FN7O7. The number of aliphatic carboxylic acids is 2. The van der Waals surface area contributed by atoms with Crippen molar-refractivity contribution in [1.82, 2.24) is 29.9 Å². The molecule has 294 valence electrons. The van der Waals surface area contributed by atoms with Gasteiger partial charge in [0.05, 0.1) is 11.2 Å². The molecule has 2 fully saturated rings. The third-order valence-corrected chi connectivity index (χ3v) is 9.84. The lowest BCUT2D eigenvalue weighted by Gasteiger charge is -2.53. The Kier molecular flexibility index (Phi) is 15.7. The Morgan fingerprint density at radius 1 is 1.09 bits per heavy atom. The van der Waals surface area contributed by atoms with Gasteiger partial charge in [-0.25, -0.2) is 19.0 Å². The lowest BCUT2D eigenvalue weighted by molar-refractivity contribution is -0.134. The molecule has 0 radical (unpaired) electrons. The summed E-state index contributed by atoms with van der Waals surface area (Å²) in [4.78, 5) is 45.9. The van der Waals surface area contributed by atoms with Crippen LogP contribution in [0.3, 0.4) is 0 Å². The van der Waals surface area contributed by atoms with E-state index in [1.807, 2.05) is 20.8 Å². The summed E-state index contributed by atoms with van der Waals surface area (Å²) in [6.07, 6.45) is 5.93. The Morgan fingerprint density at radius 3 is 2.32 bits per heavy atom. The summed E-state index contributed by atoms with van der Waals surface area (Å²) in [6.45, 7) is 21.0. The maximum atomic E-state index is 14.3. The summed E-state index contributed by atoms with van der Waals surface area (Å²) in [7, 11) is 3.96. The molecule has 2 aliphatic rings. The highest BCUT2D eigenvalue weighted by molar-refractivity contribution is 5.97. The summed E-state index contributed by atoms with van der Waals surface area (Å²) in [5.41, 5.74) is 0.213. The minimum absolute atomic E-state index is 0.0415. The first kappa shape index (κ1) is 43.2. The SMILES string of the molecule is CCN(C(=O)c1cc(F)ccc1Oc1nncnc1N1CCC2(C1)CN(C(CCCN(C)CC(C)(C)OC)C(C)C)C2)C(C)C.O=C(O)/C=C/C(=O)O. The van der Waals surface area contributed by atoms with E-state index in [9.17, 15) is 18.8 Å². The van der Waals surface area contributed by atoms with Crippen molar-refractivity contribution in [3.8, 4) is 11.6 Å². The summed E-state index contributed by atoms with van der Waals surface area (Å²) in [6, 6.07) is 4.51. The number of benzene rings is 1. The number of likely N-dealkylation sites (N-methyl/N-ethyl adjacent to an activating group) is 1. The fourth-order valence-electron chi connectivity index (χ4n) is 7.17. The van der Waals surface area contributed by atoms with Gasteiger partial charge in [-0.15, -0.1) is 10.2 Å². The Bertz CT molecular complexity index is 1550. The molecule has 0 saturated carbocycles. The van der Waals surface area contributed by atoms with Crippen LogP contribution >= 0.6 is 0 Å². The Morgan fingerprint density at radius 2 is 1.75 bits per heavy atom. The van der Waals surface area contributed by atoms with Crippen molar-refractivity contribution in [2.24, 2.45) is 11.3 Å². The number of carbonyl (C=O) groups excluding carboxylic acids is 1. The first-order chi connectivity index (χ1) is 24.9. The normalized spacial score (nSPS) is 16.2. The quantitative estimate of drug-likeness (QED) is 0.207. The van der Waals surface area contributed by atoms with Gasteiger partial charge in [-0.3, -0.25) is 9.69 Å². The van der Waals surface area contributed by atoms with Crippen LogP contribution in [0, 0.1) is 17.2 Å².